The van der Waals surface area contributed by atoms with Crippen molar-refractivity contribution in [3.8, 4) is 11.5 Å². The van der Waals surface area contributed by atoms with Crippen LogP contribution in [0.3, 0.4) is 0 Å². The third kappa shape index (κ3) is 4.34. The van der Waals surface area contributed by atoms with Crippen molar-refractivity contribution >= 4 is 11.6 Å². The second-order valence-corrected chi connectivity index (χ2v) is 5.01. The smallest absolute Gasteiger partial charge is 0.179 e. The highest BCUT2D eigenvalue weighted by Gasteiger charge is 2.12. The molecule has 0 aliphatic carbocycles. The van der Waals surface area contributed by atoms with E-state index in [0.29, 0.717) is 23.1 Å². The Kier molecular flexibility index (Phi) is 5.84. The van der Waals surface area contributed by atoms with Crippen LogP contribution >= 0.6 is 11.6 Å². The molecule has 5 heteroatoms. The monoisotopic (exact) mass is 307 g/mol. The number of nitrogens with zero attached hydrogens (tertiary/aromatic N) is 1. The van der Waals surface area contributed by atoms with Gasteiger partial charge in [0.1, 0.15) is 13.1 Å². The number of aromatic nitrogens is 1. The second-order valence-electron chi connectivity index (χ2n) is 4.60. The maximum atomic E-state index is 6.26. The van der Waals surface area contributed by atoms with Crippen LogP contribution in [0.4, 0.5) is 0 Å². The number of halogens is 1. The molecule has 2 N–H and O–H groups in total. The maximum absolute atomic E-state index is 6.26. The number of rotatable bonds is 7. The third-order valence-corrected chi connectivity index (χ3v) is 3.34. The highest BCUT2D eigenvalue weighted by atomic mass is 35.5. The van der Waals surface area contributed by atoms with Crippen molar-refractivity contribution in [2.45, 2.75) is 20.0 Å². The minimum atomic E-state index is 0.558. The Hall–Kier alpha value is -1.78. The number of hydrogen-bond donors (Lipinski definition) is 1. The van der Waals surface area contributed by atoms with Crippen LogP contribution in [0.25, 0.3) is 0 Å². The first-order chi connectivity index (χ1) is 10.2. The van der Waals surface area contributed by atoms with Crippen LogP contribution in [0, 0.1) is 0 Å². The van der Waals surface area contributed by atoms with Gasteiger partial charge in [-0.15, -0.1) is 0 Å². The van der Waals surface area contributed by atoms with Gasteiger partial charge in [-0.1, -0.05) is 17.7 Å². The maximum Gasteiger partial charge on any atom is 0.179 e. The van der Waals surface area contributed by atoms with Gasteiger partial charge in [0, 0.05) is 23.5 Å². The minimum Gasteiger partial charge on any atom is -0.493 e. The Morgan fingerprint density at radius 3 is 2.71 bits per heavy atom. The van der Waals surface area contributed by atoms with Gasteiger partial charge in [0.2, 0.25) is 0 Å². The lowest BCUT2D eigenvalue weighted by molar-refractivity contribution is -0.686. The molecule has 0 amide bonds. The van der Waals surface area contributed by atoms with Crippen LogP contribution < -0.4 is 14.8 Å². The van der Waals surface area contributed by atoms with Crippen LogP contribution in [0.2, 0.25) is 5.02 Å². The first-order valence-electron chi connectivity index (χ1n) is 6.94. The molecule has 1 heterocycles. The van der Waals surface area contributed by atoms with Crippen molar-refractivity contribution in [3.63, 3.8) is 0 Å². The Morgan fingerprint density at radius 2 is 2.05 bits per heavy atom. The fourth-order valence-electron chi connectivity index (χ4n) is 2.10. The van der Waals surface area contributed by atoms with Crippen LogP contribution in [-0.2, 0) is 13.1 Å². The lowest BCUT2D eigenvalue weighted by Crippen LogP contribution is -2.80. The normalized spacial score (nSPS) is 10.4. The number of pyridine rings is 1. The average molecular weight is 308 g/mol. The van der Waals surface area contributed by atoms with E-state index in [4.69, 9.17) is 21.1 Å². The summed E-state index contributed by atoms with van der Waals surface area (Å²) in [6.07, 6.45) is 3.66. The van der Waals surface area contributed by atoms with Crippen LogP contribution in [0.15, 0.2) is 36.7 Å². The summed E-state index contributed by atoms with van der Waals surface area (Å²) in [5.41, 5.74) is 2.30. The Morgan fingerprint density at radius 1 is 1.24 bits per heavy atom. The molecule has 1 aromatic carbocycles. The first-order valence-corrected chi connectivity index (χ1v) is 7.32. The molecule has 21 heavy (non-hydrogen) atoms. The molecule has 0 bridgehead atoms. The van der Waals surface area contributed by atoms with Gasteiger partial charge < -0.3 is 14.8 Å². The van der Waals surface area contributed by atoms with Gasteiger partial charge in [0.05, 0.1) is 18.7 Å². The lowest BCUT2D eigenvalue weighted by Gasteiger charge is -2.12. The quantitative estimate of drug-likeness (QED) is 0.854. The lowest BCUT2D eigenvalue weighted by atomic mass is 10.2. The SMILES string of the molecule is CCOc1c(Cl)cc(C[NH2+]Cc2cccnc2)cc1OC. The van der Waals surface area contributed by atoms with Gasteiger partial charge in [-0.2, -0.15) is 0 Å². The minimum absolute atomic E-state index is 0.558. The summed E-state index contributed by atoms with van der Waals surface area (Å²) >= 11 is 6.26. The van der Waals surface area contributed by atoms with Gasteiger partial charge >= 0.3 is 0 Å². The number of ether oxygens (including phenoxy) is 2. The zero-order valence-corrected chi connectivity index (χ0v) is 13.1. The van der Waals surface area contributed by atoms with E-state index in [1.54, 1.807) is 13.3 Å². The summed E-state index contributed by atoms with van der Waals surface area (Å²) < 4.78 is 10.9. The molecule has 0 atom stereocenters. The predicted molar refractivity (Wildman–Crippen MR) is 82.7 cm³/mol. The topological polar surface area (TPSA) is 48.0 Å². The van der Waals surface area contributed by atoms with E-state index in [9.17, 15) is 0 Å². The van der Waals surface area contributed by atoms with E-state index < -0.39 is 0 Å². The van der Waals surface area contributed by atoms with Crippen molar-refractivity contribution in [3.05, 3.63) is 52.8 Å². The van der Waals surface area contributed by atoms with E-state index in [-0.39, 0.29) is 0 Å². The van der Waals surface area contributed by atoms with E-state index in [2.05, 4.69) is 16.4 Å². The van der Waals surface area contributed by atoms with Gasteiger partial charge in [-0.25, -0.2) is 0 Å². The number of benzene rings is 1. The largest absolute Gasteiger partial charge is 0.493 e. The van der Waals surface area contributed by atoms with Gasteiger partial charge in [-0.3, -0.25) is 4.98 Å². The van der Waals surface area contributed by atoms with Crippen molar-refractivity contribution in [1.29, 1.82) is 0 Å². The molecule has 2 rings (SSSR count). The Balaban J connectivity index is 2.02. The van der Waals surface area contributed by atoms with E-state index in [1.807, 2.05) is 31.3 Å². The van der Waals surface area contributed by atoms with Gasteiger partial charge in [-0.05, 0) is 25.1 Å². The fraction of sp³-hybridized carbons (Fsp3) is 0.312. The Labute approximate surface area is 130 Å². The molecule has 0 saturated heterocycles. The van der Waals surface area contributed by atoms with Crippen molar-refractivity contribution < 1.29 is 14.8 Å². The van der Waals surface area contributed by atoms with Crippen molar-refractivity contribution in [2.75, 3.05) is 13.7 Å². The molecular formula is C16H20ClN2O2+. The average Bonchev–Trinajstić information content (AvgIpc) is 2.51. The summed E-state index contributed by atoms with van der Waals surface area (Å²) in [6, 6.07) is 7.90. The second kappa shape index (κ2) is 7.86. The molecule has 0 radical (unpaired) electrons. The summed E-state index contributed by atoms with van der Waals surface area (Å²) in [5.74, 6) is 1.28. The third-order valence-electron chi connectivity index (χ3n) is 3.06. The molecule has 0 saturated carbocycles. The summed E-state index contributed by atoms with van der Waals surface area (Å²) in [4.78, 5) is 4.11. The van der Waals surface area contributed by atoms with E-state index in [0.717, 1.165) is 18.7 Å². The molecule has 0 aliphatic heterocycles. The molecular weight excluding hydrogens is 288 g/mol. The molecule has 2 aromatic rings. The Bertz CT molecular complexity index is 576. The predicted octanol–water partition coefficient (Wildman–Crippen LogP) is 2.41. The first kappa shape index (κ1) is 15.6. The number of hydrogen-bond acceptors (Lipinski definition) is 3. The molecule has 0 aliphatic rings. The standard InChI is InChI=1S/C16H19ClN2O2/c1-3-21-16-14(17)7-13(8-15(16)20-2)11-19-10-12-5-4-6-18-9-12/h4-9,19H,3,10-11H2,1-2H3/p+1. The van der Waals surface area contributed by atoms with Gasteiger partial charge in [0.15, 0.2) is 11.5 Å². The molecule has 4 nitrogen and oxygen atoms in total. The van der Waals surface area contributed by atoms with Gasteiger partial charge in [0.25, 0.3) is 0 Å². The molecule has 0 unspecified atom stereocenters. The number of quaternary nitrogens is 1. The highest BCUT2D eigenvalue weighted by Crippen LogP contribution is 2.36. The van der Waals surface area contributed by atoms with Crippen molar-refractivity contribution in [1.82, 2.24) is 4.98 Å². The molecule has 0 fully saturated rings. The van der Waals surface area contributed by atoms with Crippen LogP contribution in [0.1, 0.15) is 18.1 Å². The zero-order valence-electron chi connectivity index (χ0n) is 12.3. The highest BCUT2D eigenvalue weighted by molar-refractivity contribution is 6.32. The van der Waals surface area contributed by atoms with E-state index in [1.165, 1.54) is 5.56 Å². The summed E-state index contributed by atoms with van der Waals surface area (Å²) in [7, 11) is 1.62. The van der Waals surface area contributed by atoms with Crippen LogP contribution in [0.5, 0.6) is 11.5 Å². The molecule has 0 spiro atoms. The summed E-state index contributed by atoms with van der Waals surface area (Å²) in [5, 5.41) is 2.78. The number of methoxy groups -OCH3 is 1. The fourth-order valence-corrected chi connectivity index (χ4v) is 2.39. The number of nitrogens with two attached hydrogens (primary N) is 1. The molecule has 1 aromatic heterocycles. The zero-order chi connectivity index (χ0) is 15.1. The van der Waals surface area contributed by atoms with E-state index >= 15 is 0 Å². The van der Waals surface area contributed by atoms with Crippen LogP contribution in [-0.4, -0.2) is 18.7 Å². The van der Waals surface area contributed by atoms with Crippen molar-refractivity contribution in [2.24, 2.45) is 0 Å². The molecule has 112 valence electrons. The summed E-state index contributed by atoms with van der Waals surface area (Å²) in [6.45, 7) is 4.17.